The van der Waals surface area contributed by atoms with Crippen LogP contribution in [0.5, 0.6) is 0 Å². The molecule has 2 aromatic rings. The standard InChI is InChI=1S/C19H23N3O3S/c1-16-6-5-7-17(14-16)20-15-19(23)21-10-12-22(13-11-21)26(24,25)18-8-3-2-4-9-18/h2-9,14,20H,10-13,15H2,1H3. The van der Waals surface area contributed by atoms with Gasteiger partial charge in [-0.1, -0.05) is 30.3 Å². The Hall–Kier alpha value is -2.38. The Labute approximate surface area is 154 Å². The van der Waals surface area contributed by atoms with E-state index in [0.29, 0.717) is 31.1 Å². The van der Waals surface area contributed by atoms with Crippen molar-refractivity contribution in [3.8, 4) is 0 Å². The summed E-state index contributed by atoms with van der Waals surface area (Å²) in [5.74, 6) is -0.0248. The van der Waals surface area contributed by atoms with Gasteiger partial charge in [0.2, 0.25) is 15.9 Å². The van der Waals surface area contributed by atoms with Crippen LogP contribution in [0.15, 0.2) is 59.5 Å². The summed E-state index contributed by atoms with van der Waals surface area (Å²) in [6.07, 6.45) is 0. The first-order valence-corrected chi connectivity index (χ1v) is 10.0. The molecule has 0 atom stereocenters. The van der Waals surface area contributed by atoms with E-state index < -0.39 is 10.0 Å². The van der Waals surface area contributed by atoms with E-state index >= 15 is 0 Å². The van der Waals surface area contributed by atoms with Crippen molar-refractivity contribution in [2.75, 3.05) is 38.0 Å². The maximum absolute atomic E-state index is 12.6. The van der Waals surface area contributed by atoms with Crippen LogP contribution in [0.1, 0.15) is 5.56 Å². The van der Waals surface area contributed by atoms with E-state index in [1.807, 2.05) is 31.2 Å². The number of amides is 1. The van der Waals surface area contributed by atoms with E-state index in [2.05, 4.69) is 5.32 Å². The molecule has 1 saturated heterocycles. The molecular formula is C19H23N3O3S. The summed E-state index contributed by atoms with van der Waals surface area (Å²) in [5, 5.41) is 3.13. The van der Waals surface area contributed by atoms with Gasteiger partial charge in [-0.15, -0.1) is 0 Å². The SMILES string of the molecule is Cc1cccc(NCC(=O)N2CCN(S(=O)(=O)c3ccccc3)CC2)c1. The zero-order chi connectivity index (χ0) is 18.6. The largest absolute Gasteiger partial charge is 0.376 e. The van der Waals surface area contributed by atoms with E-state index in [9.17, 15) is 13.2 Å². The number of benzene rings is 2. The minimum atomic E-state index is -3.49. The van der Waals surface area contributed by atoms with Gasteiger partial charge in [0.05, 0.1) is 11.4 Å². The van der Waals surface area contributed by atoms with Gasteiger partial charge >= 0.3 is 0 Å². The molecule has 0 aliphatic carbocycles. The van der Waals surface area contributed by atoms with Crippen LogP contribution in [0, 0.1) is 6.92 Å². The molecule has 0 spiro atoms. The van der Waals surface area contributed by atoms with E-state index in [1.165, 1.54) is 4.31 Å². The van der Waals surface area contributed by atoms with Crippen LogP contribution < -0.4 is 5.32 Å². The molecule has 1 N–H and O–H groups in total. The Morgan fingerprint density at radius 1 is 1.00 bits per heavy atom. The molecule has 138 valence electrons. The number of nitrogens with one attached hydrogen (secondary N) is 1. The Kier molecular flexibility index (Phi) is 5.58. The molecule has 0 unspecified atom stereocenters. The van der Waals surface area contributed by atoms with Crippen molar-refractivity contribution in [2.24, 2.45) is 0 Å². The van der Waals surface area contributed by atoms with Crippen LogP contribution in [0.2, 0.25) is 0 Å². The fourth-order valence-corrected chi connectivity index (χ4v) is 4.41. The van der Waals surface area contributed by atoms with Crippen LogP contribution in [0.4, 0.5) is 5.69 Å². The highest BCUT2D eigenvalue weighted by molar-refractivity contribution is 7.89. The first-order chi connectivity index (χ1) is 12.5. The lowest BCUT2D eigenvalue weighted by Crippen LogP contribution is -2.51. The van der Waals surface area contributed by atoms with Crippen LogP contribution in [0.3, 0.4) is 0 Å². The Bertz CT molecular complexity index is 861. The predicted octanol–water partition coefficient (Wildman–Crippen LogP) is 1.94. The maximum atomic E-state index is 12.6. The molecule has 2 aromatic carbocycles. The third kappa shape index (κ3) is 4.23. The first kappa shape index (κ1) is 18.4. The number of nitrogens with zero attached hydrogens (tertiary/aromatic N) is 2. The molecule has 1 aliphatic rings. The van der Waals surface area contributed by atoms with Crippen LogP contribution >= 0.6 is 0 Å². The highest BCUT2D eigenvalue weighted by atomic mass is 32.2. The van der Waals surface area contributed by atoms with Gasteiger partial charge in [0.1, 0.15) is 0 Å². The molecule has 0 radical (unpaired) electrons. The average molecular weight is 373 g/mol. The summed E-state index contributed by atoms with van der Waals surface area (Å²) in [6, 6.07) is 16.2. The van der Waals surface area contributed by atoms with E-state index in [0.717, 1.165) is 11.3 Å². The van der Waals surface area contributed by atoms with E-state index in [-0.39, 0.29) is 12.5 Å². The normalized spacial score (nSPS) is 15.7. The van der Waals surface area contributed by atoms with Gasteiger partial charge in [-0.2, -0.15) is 4.31 Å². The highest BCUT2D eigenvalue weighted by Gasteiger charge is 2.29. The molecule has 0 aromatic heterocycles. The molecule has 1 heterocycles. The second-order valence-corrected chi connectivity index (χ2v) is 8.26. The van der Waals surface area contributed by atoms with Gasteiger partial charge in [0, 0.05) is 31.9 Å². The lowest BCUT2D eigenvalue weighted by atomic mass is 10.2. The molecule has 1 aliphatic heterocycles. The van der Waals surface area contributed by atoms with Crippen LogP contribution in [-0.2, 0) is 14.8 Å². The molecule has 26 heavy (non-hydrogen) atoms. The van der Waals surface area contributed by atoms with Gasteiger partial charge < -0.3 is 10.2 Å². The number of carbonyl (C=O) groups excluding carboxylic acids is 1. The zero-order valence-corrected chi connectivity index (χ0v) is 15.6. The number of carbonyl (C=O) groups is 1. The van der Waals surface area contributed by atoms with Gasteiger partial charge in [0.25, 0.3) is 0 Å². The summed E-state index contributed by atoms with van der Waals surface area (Å²) < 4.78 is 26.7. The van der Waals surface area contributed by atoms with Crippen molar-refractivity contribution in [3.05, 3.63) is 60.2 Å². The second-order valence-electron chi connectivity index (χ2n) is 6.32. The zero-order valence-electron chi connectivity index (χ0n) is 14.8. The predicted molar refractivity (Wildman–Crippen MR) is 101 cm³/mol. The maximum Gasteiger partial charge on any atom is 0.243 e. The minimum absolute atomic E-state index is 0.0248. The molecule has 1 amide bonds. The molecular weight excluding hydrogens is 350 g/mol. The quantitative estimate of drug-likeness (QED) is 0.870. The summed E-state index contributed by atoms with van der Waals surface area (Å²) in [7, 11) is -3.49. The molecule has 0 bridgehead atoms. The van der Waals surface area contributed by atoms with Crippen molar-refractivity contribution in [1.29, 1.82) is 0 Å². The average Bonchev–Trinajstić information content (AvgIpc) is 2.67. The number of hydrogen-bond donors (Lipinski definition) is 1. The van der Waals surface area contributed by atoms with Gasteiger partial charge in [0.15, 0.2) is 0 Å². The van der Waals surface area contributed by atoms with Gasteiger partial charge in [-0.05, 0) is 36.8 Å². The molecule has 3 rings (SSSR count). The Balaban J connectivity index is 1.54. The summed E-state index contributed by atoms with van der Waals surface area (Å²) in [4.78, 5) is 14.4. The summed E-state index contributed by atoms with van der Waals surface area (Å²) >= 11 is 0. The highest BCUT2D eigenvalue weighted by Crippen LogP contribution is 2.17. The van der Waals surface area contributed by atoms with Gasteiger partial charge in [-0.25, -0.2) is 8.42 Å². The van der Waals surface area contributed by atoms with Crippen LogP contribution in [-0.4, -0.2) is 56.3 Å². The number of sulfonamides is 1. The van der Waals surface area contributed by atoms with E-state index in [4.69, 9.17) is 0 Å². The fourth-order valence-electron chi connectivity index (χ4n) is 2.96. The second kappa shape index (κ2) is 7.88. The molecule has 0 saturated carbocycles. The van der Waals surface area contributed by atoms with Crippen molar-refractivity contribution >= 4 is 21.6 Å². The van der Waals surface area contributed by atoms with Gasteiger partial charge in [-0.3, -0.25) is 4.79 Å². The number of hydrogen-bond acceptors (Lipinski definition) is 4. The summed E-state index contributed by atoms with van der Waals surface area (Å²) in [6.45, 7) is 3.63. The van der Waals surface area contributed by atoms with Crippen molar-refractivity contribution in [3.63, 3.8) is 0 Å². The fraction of sp³-hybridized carbons (Fsp3) is 0.316. The number of piperazine rings is 1. The number of rotatable bonds is 5. The lowest BCUT2D eigenvalue weighted by molar-refractivity contribution is -0.130. The number of anilines is 1. The Morgan fingerprint density at radius 3 is 2.35 bits per heavy atom. The third-order valence-electron chi connectivity index (χ3n) is 4.43. The molecule has 1 fully saturated rings. The number of aryl methyl sites for hydroxylation is 1. The molecule has 7 heteroatoms. The lowest BCUT2D eigenvalue weighted by Gasteiger charge is -2.34. The van der Waals surface area contributed by atoms with Crippen molar-refractivity contribution in [2.45, 2.75) is 11.8 Å². The van der Waals surface area contributed by atoms with E-state index in [1.54, 1.807) is 35.2 Å². The minimum Gasteiger partial charge on any atom is -0.376 e. The molecule has 6 nitrogen and oxygen atoms in total. The summed E-state index contributed by atoms with van der Waals surface area (Å²) in [5.41, 5.74) is 2.03. The van der Waals surface area contributed by atoms with Crippen molar-refractivity contribution < 1.29 is 13.2 Å². The third-order valence-corrected chi connectivity index (χ3v) is 6.35. The topological polar surface area (TPSA) is 69.7 Å². The smallest absolute Gasteiger partial charge is 0.243 e. The van der Waals surface area contributed by atoms with Crippen LogP contribution in [0.25, 0.3) is 0 Å². The first-order valence-electron chi connectivity index (χ1n) is 8.60. The Morgan fingerprint density at radius 2 is 1.69 bits per heavy atom. The monoisotopic (exact) mass is 373 g/mol. The van der Waals surface area contributed by atoms with Crippen molar-refractivity contribution in [1.82, 2.24) is 9.21 Å².